The number of nitrogens with one attached hydrogen (secondary N) is 1. The van der Waals surface area contributed by atoms with E-state index in [0.717, 1.165) is 33.2 Å². The third-order valence-corrected chi connectivity index (χ3v) is 7.18. The Hall–Kier alpha value is -2.42. The van der Waals surface area contributed by atoms with Crippen LogP contribution in [-0.2, 0) is 16.1 Å². The lowest BCUT2D eigenvalue weighted by Crippen LogP contribution is -2.51. The fraction of sp³-hybridized carbons (Fsp3) is 0.318. The zero-order chi connectivity index (χ0) is 20.8. The van der Waals surface area contributed by atoms with Gasteiger partial charge in [-0.15, -0.1) is 11.3 Å². The molecule has 8 heteroatoms. The molecule has 1 fully saturated rings. The van der Waals surface area contributed by atoms with Gasteiger partial charge in [0.1, 0.15) is 0 Å². The van der Waals surface area contributed by atoms with E-state index in [2.05, 4.69) is 15.2 Å². The van der Waals surface area contributed by atoms with Gasteiger partial charge in [0.25, 0.3) is 0 Å². The first-order valence-electron chi connectivity index (χ1n) is 9.96. The number of amides is 2. The molecule has 0 unspecified atom stereocenters. The lowest BCUT2D eigenvalue weighted by molar-refractivity contribution is -0.130. The summed E-state index contributed by atoms with van der Waals surface area (Å²) < 4.78 is 2.07. The number of aromatic nitrogens is 1. The topological polar surface area (TPSA) is 65.5 Å². The van der Waals surface area contributed by atoms with Crippen LogP contribution in [0.3, 0.4) is 0 Å². The highest BCUT2D eigenvalue weighted by Crippen LogP contribution is 2.29. The van der Waals surface area contributed by atoms with Gasteiger partial charge in [-0.05, 0) is 17.7 Å². The average Bonchev–Trinajstić information content (AvgIpc) is 3.20. The number of hydrogen-bond acceptors (Lipinski definition) is 6. The predicted octanol–water partition coefficient (Wildman–Crippen LogP) is 2.85. The van der Waals surface area contributed by atoms with Gasteiger partial charge in [-0.2, -0.15) is 0 Å². The predicted molar refractivity (Wildman–Crippen MR) is 122 cm³/mol. The number of para-hydroxylation sites is 1. The molecule has 2 amide bonds. The van der Waals surface area contributed by atoms with Crippen LogP contribution in [0.2, 0.25) is 0 Å². The second kappa shape index (κ2) is 10.1. The number of thiazole rings is 1. The smallest absolute Gasteiger partial charge is 0.234 e. The van der Waals surface area contributed by atoms with Crippen molar-refractivity contribution in [3.8, 4) is 0 Å². The Kier molecular flexibility index (Phi) is 6.99. The molecular weight excluding hydrogens is 416 g/mol. The van der Waals surface area contributed by atoms with Crippen LogP contribution in [0.1, 0.15) is 5.56 Å². The first kappa shape index (κ1) is 20.8. The summed E-state index contributed by atoms with van der Waals surface area (Å²) in [6.45, 7) is 3.67. The van der Waals surface area contributed by atoms with Crippen molar-refractivity contribution >= 4 is 45.1 Å². The lowest BCUT2D eigenvalue weighted by atomic mass is 10.2. The maximum atomic E-state index is 12.6. The van der Waals surface area contributed by atoms with Gasteiger partial charge >= 0.3 is 0 Å². The third-order valence-electron chi connectivity index (χ3n) is 5.02. The molecular formula is C22H24N4O2S2. The zero-order valence-electron chi connectivity index (χ0n) is 16.6. The molecule has 4 rings (SSSR count). The fourth-order valence-corrected chi connectivity index (χ4v) is 5.31. The summed E-state index contributed by atoms with van der Waals surface area (Å²) >= 11 is 3.13. The summed E-state index contributed by atoms with van der Waals surface area (Å²) in [5.74, 6) is 0.551. The Morgan fingerprint density at radius 3 is 2.50 bits per heavy atom. The molecule has 1 saturated heterocycles. The van der Waals surface area contributed by atoms with Crippen LogP contribution >= 0.6 is 23.1 Å². The number of nitrogens with zero attached hydrogens (tertiary/aromatic N) is 3. The molecule has 1 N–H and O–H groups in total. The summed E-state index contributed by atoms with van der Waals surface area (Å²) in [5, 5.41) is 2.96. The highest BCUT2D eigenvalue weighted by atomic mass is 32.2. The van der Waals surface area contributed by atoms with E-state index in [1.165, 1.54) is 11.8 Å². The molecule has 1 aliphatic heterocycles. The summed E-state index contributed by atoms with van der Waals surface area (Å²) in [4.78, 5) is 33.3. The van der Waals surface area contributed by atoms with E-state index in [1.54, 1.807) is 11.3 Å². The van der Waals surface area contributed by atoms with Crippen LogP contribution in [0.4, 0.5) is 0 Å². The molecule has 3 aromatic rings. The van der Waals surface area contributed by atoms with Crippen LogP contribution in [0.15, 0.2) is 58.9 Å². The molecule has 156 valence electrons. The molecule has 0 atom stereocenters. The number of rotatable bonds is 7. The first-order valence-corrected chi connectivity index (χ1v) is 11.8. The van der Waals surface area contributed by atoms with Crippen molar-refractivity contribution in [2.45, 2.75) is 10.9 Å². The number of benzene rings is 2. The van der Waals surface area contributed by atoms with E-state index in [0.29, 0.717) is 31.9 Å². The van der Waals surface area contributed by atoms with Gasteiger partial charge in [-0.25, -0.2) is 4.98 Å². The van der Waals surface area contributed by atoms with Crippen LogP contribution in [0.5, 0.6) is 0 Å². The lowest BCUT2D eigenvalue weighted by Gasteiger charge is -2.34. The van der Waals surface area contributed by atoms with Crippen LogP contribution in [-0.4, -0.2) is 65.1 Å². The molecule has 1 aliphatic rings. The van der Waals surface area contributed by atoms with Crippen molar-refractivity contribution in [2.24, 2.45) is 0 Å². The Bertz CT molecular complexity index is 968. The van der Waals surface area contributed by atoms with Crippen LogP contribution in [0.25, 0.3) is 10.2 Å². The van der Waals surface area contributed by atoms with Gasteiger partial charge in [-0.1, -0.05) is 54.2 Å². The molecule has 0 radical (unpaired) electrons. The molecule has 0 spiro atoms. The standard InChI is InChI=1S/C22H24N4O2S2/c27-20(23-14-17-6-2-1-3-7-17)15-25-10-12-26(13-11-25)21(28)16-29-22-24-18-8-4-5-9-19(18)30-22/h1-9H,10-16H2,(H,23,27). The Morgan fingerprint density at radius 1 is 1.00 bits per heavy atom. The summed E-state index contributed by atoms with van der Waals surface area (Å²) in [7, 11) is 0. The second-order valence-electron chi connectivity index (χ2n) is 7.16. The molecule has 2 heterocycles. The van der Waals surface area contributed by atoms with Gasteiger partial charge in [-0.3, -0.25) is 14.5 Å². The van der Waals surface area contributed by atoms with E-state index in [1.807, 2.05) is 59.5 Å². The number of hydrogen-bond donors (Lipinski definition) is 1. The fourth-order valence-electron chi connectivity index (χ4n) is 3.34. The van der Waals surface area contributed by atoms with Gasteiger partial charge in [0.05, 0.1) is 22.5 Å². The molecule has 0 saturated carbocycles. The highest BCUT2D eigenvalue weighted by Gasteiger charge is 2.22. The molecule has 1 aromatic heterocycles. The molecule has 30 heavy (non-hydrogen) atoms. The van der Waals surface area contributed by atoms with Crippen molar-refractivity contribution < 1.29 is 9.59 Å². The van der Waals surface area contributed by atoms with E-state index in [-0.39, 0.29) is 11.8 Å². The molecule has 2 aromatic carbocycles. The Balaban J connectivity index is 1.17. The summed E-state index contributed by atoms with van der Waals surface area (Å²) in [5.41, 5.74) is 2.07. The van der Waals surface area contributed by atoms with E-state index < -0.39 is 0 Å². The zero-order valence-corrected chi connectivity index (χ0v) is 18.3. The average molecular weight is 441 g/mol. The summed E-state index contributed by atoms with van der Waals surface area (Å²) in [6.07, 6.45) is 0. The molecule has 0 bridgehead atoms. The summed E-state index contributed by atoms with van der Waals surface area (Å²) in [6, 6.07) is 17.9. The number of carbonyl (C=O) groups is 2. The maximum Gasteiger partial charge on any atom is 0.234 e. The van der Waals surface area contributed by atoms with Gasteiger partial charge in [0, 0.05) is 32.7 Å². The van der Waals surface area contributed by atoms with E-state index in [9.17, 15) is 9.59 Å². The Labute approximate surface area is 184 Å². The molecule has 0 aliphatic carbocycles. The maximum absolute atomic E-state index is 12.6. The Morgan fingerprint density at radius 2 is 1.73 bits per heavy atom. The number of thioether (sulfide) groups is 1. The molecule has 6 nitrogen and oxygen atoms in total. The van der Waals surface area contributed by atoms with Crippen molar-refractivity contribution in [1.29, 1.82) is 0 Å². The third kappa shape index (κ3) is 5.59. The van der Waals surface area contributed by atoms with Crippen LogP contribution in [0, 0.1) is 0 Å². The first-order chi connectivity index (χ1) is 14.7. The van der Waals surface area contributed by atoms with Gasteiger partial charge in [0.2, 0.25) is 11.8 Å². The highest BCUT2D eigenvalue weighted by molar-refractivity contribution is 8.01. The van der Waals surface area contributed by atoms with E-state index >= 15 is 0 Å². The van der Waals surface area contributed by atoms with Gasteiger partial charge < -0.3 is 10.2 Å². The van der Waals surface area contributed by atoms with Crippen molar-refractivity contribution in [1.82, 2.24) is 20.1 Å². The van der Waals surface area contributed by atoms with Crippen molar-refractivity contribution in [2.75, 3.05) is 38.5 Å². The largest absolute Gasteiger partial charge is 0.351 e. The minimum absolute atomic E-state index is 0.0185. The number of carbonyl (C=O) groups excluding carboxylic acids is 2. The van der Waals surface area contributed by atoms with Crippen molar-refractivity contribution in [3.05, 3.63) is 60.2 Å². The van der Waals surface area contributed by atoms with E-state index in [4.69, 9.17) is 0 Å². The quantitative estimate of drug-likeness (QED) is 0.573. The monoisotopic (exact) mass is 440 g/mol. The number of piperazine rings is 1. The number of fused-ring (bicyclic) bond motifs is 1. The minimum Gasteiger partial charge on any atom is -0.351 e. The second-order valence-corrected chi connectivity index (χ2v) is 9.41. The SMILES string of the molecule is O=C(CN1CCN(C(=O)CSc2nc3ccccc3s2)CC1)NCc1ccccc1. The normalized spacial score (nSPS) is 14.7. The van der Waals surface area contributed by atoms with Gasteiger partial charge in [0.15, 0.2) is 4.34 Å². The minimum atomic E-state index is 0.0185. The van der Waals surface area contributed by atoms with Crippen molar-refractivity contribution in [3.63, 3.8) is 0 Å². The van der Waals surface area contributed by atoms with Crippen LogP contribution < -0.4 is 5.32 Å².